The molecule has 1 saturated heterocycles. The van der Waals surface area contributed by atoms with Gasteiger partial charge in [-0.3, -0.25) is 4.90 Å². The predicted molar refractivity (Wildman–Crippen MR) is 103 cm³/mol. The van der Waals surface area contributed by atoms with Crippen LogP contribution in [0.2, 0.25) is 5.02 Å². The highest BCUT2D eigenvalue weighted by atomic mass is 35.5. The van der Waals surface area contributed by atoms with Crippen LogP contribution in [-0.2, 0) is 6.54 Å². The molecule has 0 amide bonds. The Morgan fingerprint density at radius 1 is 1.23 bits per heavy atom. The van der Waals surface area contributed by atoms with Gasteiger partial charge in [0.05, 0.1) is 0 Å². The van der Waals surface area contributed by atoms with Gasteiger partial charge in [-0.1, -0.05) is 29.8 Å². The highest BCUT2D eigenvalue weighted by Gasteiger charge is 2.20. The number of aryl methyl sites for hydroxylation is 1. The number of fused-ring (bicyclic) bond motifs is 1. The second kappa shape index (κ2) is 7.60. The van der Waals surface area contributed by atoms with Crippen LogP contribution in [0.3, 0.4) is 0 Å². The van der Waals surface area contributed by atoms with Gasteiger partial charge in [0.15, 0.2) is 0 Å². The van der Waals surface area contributed by atoms with Crippen LogP contribution in [0.25, 0.3) is 5.78 Å². The van der Waals surface area contributed by atoms with E-state index in [0.29, 0.717) is 11.7 Å². The summed E-state index contributed by atoms with van der Waals surface area (Å²) in [5, 5.41) is 8.65. The lowest BCUT2D eigenvalue weighted by molar-refractivity contribution is 0.182. The number of benzene rings is 1. The van der Waals surface area contributed by atoms with E-state index in [0.717, 1.165) is 42.7 Å². The molecule has 26 heavy (non-hydrogen) atoms. The van der Waals surface area contributed by atoms with Gasteiger partial charge in [0.25, 0.3) is 5.78 Å². The Bertz CT molecular complexity index is 885. The highest BCUT2D eigenvalue weighted by Crippen LogP contribution is 2.23. The molecular formula is C19H23ClN6. The van der Waals surface area contributed by atoms with E-state index in [-0.39, 0.29) is 0 Å². The molecular weight excluding hydrogens is 348 g/mol. The Hall–Kier alpha value is -2.18. The summed E-state index contributed by atoms with van der Waals surface area (Å²) >= 11 is 6.29. The monoisotopic (exact) mass is 370 g/mol. The third-order valence-corrected chi connectivity index (χ3v) is 5.38. The van der Waals surface area contributed by atoms with Crippen LogP contribution in [0.1, 0.15) is 24.1 Å². The van der Waals surface area contributed by atoms with Gasteiger partial charge in [-0.15, -0.1) is 0 Å². The van der Waals surface area contributed by atoms with Gasteiger partial charge >= 0.3 is 0 Å². The van der Waals surface area contributed by atoms with Crippen molar-refractivity contribution in [3.63, 3.8) is 0 Å². The zero-order chi connectivity index (χ0) is 17.9. The largest absolute Gasteiger partial charge is 0.370 e. The number of hydrogen-bond donors (Lipinski definition) is 1. The van der Waals surface area contributed by atoms with Gasteiger partial charge in [-0.25, -0.2) is 4.98 Å². The Morgan fingerprint density at radius 2 is 2.04 bits per heavy atom. The van der Waals surface area contributed by atoms with Crippen LogP contribution in [0.4, 0.5) is 5.82 Å². The van der Waals surface area contributed by atoms with Crippen molar-refractivity contribution in [3.05, 3.63) is 52.9 Å². The molecule has 7 heteroatoms. The summed E-state index contributed by atoms with van der Waals surface area (Å²) < 4.78 is 1.76. The molecule has 0 atom stereocenters. The predicted octanol–water partition coefficient (Wildman–Crippen LogP) is 3.41. The minimum absolute atomic E-state index is 0.641. The number of hydrogen-bond acceptors (Lipinski definition) is 5. The van der Waals surface area contributed by atoms with E-state index in [9.17, 15) is 0 Å². The first-order valence-electron chi connectivity index (χ1n) is 9.06. The van der Waals surface area contributed by atoms with Crippen molar-refractivity contribution in [1.29, 1.82) is 0 Å². The van der Waals surface area contributed by atoms with Crippen molar-refractivity contribution >= 4 is 23.2 Å². The number of anilines is 1. The van der Waals surface area contributed by atoms with E-state index >= 15 is 0 Å². The molecule has 0 radical (unpaired) electrons. The maximum atomic E-state index is 6.29. The lowest BCUT2D eigenvalue weighted by atomic mass is 9.96. The van der Waals surface area contributed by atoms with Crippen molar-refractivity contribution in [2.24, 2.45) is 5.92 Å². The number of aromatic nitrogens is 4. The first-order chi connectivity index (χ1) is 12.7. The fourth-order valence-corrected chi connectivity index (χ4v) is 3.72. The molecule has 1 fully saturated rings. The lowest BCUT2D eigenvalue weighted by Gasteiger charge is -2.32. The van der Waals surface area contributed by atoms with Gasteiger partial charge in [0, 0.05) is 29.9 Å². The second-order valence-electron chi connectivity index (χ2n) is 6.95. The average Bonchev–Trinajstić information content (AvgIpc) is 3.11. The van der Waals surface area contributed by atoms with E-state index < -0.39 is 0 Å². The maximum Gasteiger partial charge on any atom is 0.254 e. The molecule has 4 rings (SSSR count). The highest BCUT2D eigenvalue weighted by molar-refractivity contribution is 6.31. The summed E-state index contributed by atoms with van der Waals surface area (Å²) in [7, 11) is 0. The van der Waals surface area contributed by atoms with Gasteiger partial charge in [0.1, 0.15) is 12.1 Å². The number of piperidine rings is 1. The molecule has 3 heterocycles. The molecule has 6 nitrogen and oxygen atoms in total. The van der Waals surface area contributed by atoms with E-state index in [1.54, 1.807) is 10.8 Å². The summed E-state index contributed by atoms with van der Waals surface area (Å²) in [4.78, 5) is 11.0. The Balaban J connectivity index is 1.31. The first-order valence-corrected chi connectivity index (χ1v) is 9.44. The topological polar surface area (TPSA) is 58.4 Å². The van der Waals surface area contributed by atoms with Gasteiger partial charge in [0.2, 0.25) is 0 Å². The lowest BCUT2D eigenvalue weighted by Crippen LogP contribution is -2.35. The number of nitrogens with zero attached hydrogens (tertiary/aromatic N) is 5. The van der Waals surface area contributed by atoms with Crippen molar-refractivity contribution in [2.45, 2.75) is 26.3 Å². The minimum atomic E-state index is 0.641. The number of likely N-dealkylation sites (tertiary alicyclic amines) is 1. The standard InChI is InChI=1S/C19H23ClN6/c1-14-10-18(26-19(24-14)22-13-23-26)21-11-15-6-8-25(9-7-15)12-16-4-2-3-5-17(16)20/h2-5,10,13,15,21H,6-9,11-12H2,1H3. The molecule has 0 spiro atoms. The maximum absolute atomic E-state index is 6.29. The van der Waals surface area contributed by atoms with E-state index in [1.807, 2.05) is 25.1 Å². The third-order valence-electron chi connectivity index (χ3n) is 5.01. The Morgan fingerprint density at radius 3 is 2.85 bits per heavy atom. The van der Waals surface area contributed by atoms with Crippen LogP contribution in [0.5, 0.6) is 0 Å². The molecule has 1 N–H and O–H groups in total. The van der Waals surface area contributed by atoms with Crippen molar-refractivity contribution < 1.29 is 0 Å². The Labute approximate surface area is 158 Å². The van der Waals surface area contributed by atoms with Crippen LogP contribution < -0.4 is 5.32 Å². The van der Waals surface area contributed by atoms with Crippen LogP contribution in [-0.4, -0.2) is 44.1 Å². The fourth-order valence-electron chi connectivity index (χ4n) is 3.52. The summed E-state index contributed by atoms with van der Waals surface area (Å²) in [6.07, 6.45) is 3.91. The molecule has 0 saturated carbocycles. The van der Waals surface area contributed by atoms with Gasteiger partial charge in [-0.2, -0.15) is 14.6 Å². The third kappa shape index (κ3) is 3.81. The SMILES string of the molecule is Cc1cc(NCC2CCN(Cc3ccccc3Cl)CC2)n2ncnc2n1. The molecule has 1 aromatic carbocycles. The van der Waals surface area contributed by atoms with E-state index in [1.165, 1.54) is 18.4 Å². The second-order valence-corrected chi connectivity index (χ2v) is 7.35. The van der Waals surface area contributed by atoms with Crippen LogP contribution >= 0.6 is 11.6 Å². The molecule has 136 valence electrons. The smallest absolute Gasteiger partial charge is 0.254 e. The summed E-state index contributed by atoms with van der Waals surface area (Å²) in [5.41, 5.74) is 2.16. The Kier molecular flexibility index (Phi) is 5.04. The summed E-state index contributed by atoms with van der Waals surface area (Å²) in [6.45, 7) is 6.06. The van der Waals surface area contributed by atoms with Crippen molar-refractivity contribution in [2.75, 3.05) is 25.0 Å². The summed E-state index contributed by atoms with van der Waals surface area (Å²) in [6, 6.07) is 10.1. The molecule has 0 bridgehead atoms. The zero-order valence-corrected chi connectivity index (χ0v) is 15.7. The van der Waals surface area contributed by atoms with Crippen molar-refractivity contribution in [1.82, 2.24) is 24.5 Å². The normalized spacial score (nSPS) is 16.2. The molecule has 1 aliphatic heterocycles. The summed E-state index contributed by atoms with van der Waals surface area (Å²) in [5.74, 6) is 2.26. The van der Waals surface area contributed by atoms with Gasteiger partial charge < -0.3 is 5.32 Å². The molecule has 0 unspecified atom stereocenters. The van der Waals surface area contributed by atoms with Crippen molar-refractivity contribution in [3.8, 4) is 0 Å². The van der Waals surface area contributed by atoms with Gasteiger partial charge in [-0.05, 0) is 50.4 Å². The van der Waals surface area contributed by atoms with E-state index in [4.69, 9.17) is 11.6 Å². The molecule has 0 aliphatic carbocycles. The first kappa shape index (κ1) is 17.2. The number of rotatable bonds is 5. The minimum Gasteiger partial charge on any atom is -0.370 e. The van der Waals surface area contributed by atoms with Crippen LogP contribution in [0.15, 0.2) is 36.7 Å². The van der Waals surface area contributed by atoms with E-state index in [2.05, 4.69) is 37.4 Å². The fraction of sp³-hybridized carbons (Fsp3) is 0.421. The van der Waals surface area contributed by atoms with Crippen LogP contribution in [0, 0.1) is 12.8 Å². The number of nitrogens with one attached hydrogen (secondary N) is 1. The molecule has 3 aromatic rings. The molecule has 2 aromatic heterocycles. The quantitative estimate of drug-likeness (QED) is 0.745. The number of halogens is 1. The molecule has 1 aliphatic rings. The zero-order valence-electron chi connectivity index (χ0n) is 14.9. The average molecular weight is 371 g/mol.